The van der Waals surface area contributed by atoms with Crippen molar-refractivity contribution in [2.75, 3.05) is 12.5 Å². The summed E-state index contributed by atoms with van der Waals surface area (Å²) in [5.41, 5.74) is 1.75. The molecule has 80 valence electrons. The summed E-state index contributed by atoms with van der Waals surface area (Å²) in [6.07, 6.45) is 0.829. The Labute approximate surface area is 93.4 Å². The van der Waals surface area contributed by atoms with E-state index in [-0.39, 0.29) is 5.91 Å². The fourth-order valence-electron chi connectivity index (χ4n) is 1.54. The molecule has 0 aliphatic carbocycles. The topological polar surface area (TPSA) is 38.3 Å². The van der Waals surface area contributed by atoms with Crippen LogP contribution in [0.25, 0.3) is 0 Å². The molecule has 2 rings (SSSR count). The molecule has 15 heavy (non-hydrogen) atoms. The summed E-state index contributed by atoms with van der Waals surface area (Å²) in [6, 6.07) is 5.52. The van der Waals surface area contributed by atoms with E-state index in [2.05, 4.69) is 5.32 Å². The first kappa shape index (κ1) is 10.3. The Hall–Kier alpha value is -1.22. The molecule has 0 spiro atoms. The van der Waals surface area contributed by atoms with Crippen LogP contribution in [0.5, 0.6) is 5.75 Å². The average Bonchev–Trinajstić information content (AvgIpc) is 2.61. The number of rotatable bonds is 4. The van der Waals surface area contributed by atoms with Crippen LogP contribution in [0.3, 0.4) is 0 Å². The van der Waals surface area contributed by atoms with E-state index in [0.717, 1.165) is 23.3 Å². The van der Waals surface area contributed by atoms with Gasteiger partial charge < -0.3 is 10.1 Å². The molecule has 1 heterocycles. The Morgan fingerprint density at radius 3 is 3.13 bits per heavy atom. The van der Waals surface area contributed by atoms with Crippen LogP contribution >= 0.6 is 11.6 Å². The van der Waals surface area contributed by atoms with Crippen LogP contribution in [0.15, 0.2) is 18.2 Å². The van der Waals surface area contributed by atoms with Gasteiger partial charge in [-0.2, -0.15) is 0 Å². The third-order valence-electron chi connectivity index (χ3n) is 2.31. The lowest BCUT2D eigenvalue weighted by atomic mass is 10.1. The van der Waals surface area contributed by atoms with E-state index in [1.165, 1.54) is 0 Å². The van der Waals surface area contributed by atoms with Gasteiger partial charge in [-0.25, -0.2) is 0 Å². The first-order chi connectivity index (χ1) is 7.31. The number of carbonyl (C=O) groups excluding carboxylic acids is 1. The molecule has 1 aliphatic heterocycles. The average molecular weight is 226 g/mol. The second kappa shape index (κ2) is 4.53. The van der Waals surface area contributed by atoms with Crippen LogP contribution < -0.4 is 10.1 Å². The molecule has 1 aromatic rings. The molecule has 0 saturated carbocycles. The Morgan fingerprint density at radius 1 is 1.47 bits per heavy atom. The highest BCUT2D eigenvalue weighted by Gasteiger charge is 2.18. The largest absolute Gasteiger partial charge is 0.494 e. The SMILES string of the molecule is O=C1NCc2cc(OCCCCl)ccc21. The maximum atomic E-state index is 11.3. The number of hydrogen-bond acceptors (Lipinski definition) is 2. The van der Waals surface area contributed by atoms with Gasteiger partial charge in [-0.15, -0.1) is 11.6 Å². The van der Waals surface area contributed by atoms with Gasteiger partial charge in [0.05, 0.1) is 6.61 Å². The van der Waals surface area contributed by atoms with E-state index < -0.39 is 0 Å². The lowest BCUT2D eigenvalue weighted by molar-refractivity contribution is 0.0966. The highest BCUT2D eigenvalue weighted by atomic mass is 35.5. The van der Waals surface area contributed by atoms with Crippen LogP contribution in [0, 0.1) is 0 Å². The number of halogens is 1. The second-order valence-corrected chi connectivity index (χ2v) is 3.77. The van der Waals surface area contributed by atoms with Crippen molar-refractivity contribution < 1.29 is 9.53 Å². The molecule has 1 N–H and O–H groups in total. The number of alkyl halides is 1. The lowest BCUT2D eigenvalue weighted by Crippen LogP contribution is -2.12. The molecule has 0 fully saturated rings. The molecule has 0 unspecified atom stereocenters. The van der Waals surface area contributed by atoms with Crippen molar-refractivity contribution in [3.63, 3.8) is 0 Å². The van der Waals surface area contributed by atoms with Crippen LogP contribution in [0.4, 0.5) is 0 Å². The Kier molecular flexibility index (Phi) is 3.11. The van der Waals surface area contributed by atoms with Gasteiger partial charge in [0.25, 0.3) is 5.91 Å². The van der Waals surface area contributed by atoms with Crippen LogP contribution in [0.2, 0.25) is 0 Å². The molecule has 4 heteroatoms. The van der Waals surface area contributed by atoms with Crippen molar-refractivity contribution in [2.24, 2.45) is 0 Å². The van der Waals surface area contributed by atoms with E-state index in [4.69, 9.17) is 16.3 Å². The molecule has 0 bridgehead atoms. The van der Waals surface area contributed by atoms with Crippen LogP contribution in [0.1, 0.15) is 22.3 Å². The molecule has 3 nitrogen and oxygen atoms in total. The summed E-state index contributed by atoms with van der Waals surface area (Å²) in [5.74, 6) is 1.40. The fourth-order valence-corrected chi connectivity index (χ4v) is 1.65. The summed E-state index contributed by atoms with van der Waals surface area (Å²) < 4.78 is 5.48. The quantitative estimate of drug-likeness (QED) is 0.628. The van der Waals surface area contributed by atoms with Crippen LogP contribution in [-0.2, 0) is 6.54 Å². The number of benzene rings is 1. The zero-order valence-electron chi connectivity index (χ0n) is 8.25. The molecule has 1 amide bonds. The van der Waals surface area contributed by atoms with Gasteiger partial charge in [0.2, 0.25) is 0 Å². The van der Waals surface area contributed by atoms with E-state index in [0.29, 0.717) is 19.0 Å². The van der Waals surface area contributed by atoms with Gasteiger partial charge in [-0.05, 0) is 30.2 Å². The predicted octanol–water partition coefficient (Wildman–Crippen LogP) is 1.94. The standard InChI is InChI=1S/C11H12ClNO2/c12-4-1-5-15-9-2-3-10-8(6-9)7-13-11(10)14/h2-3,6H,1,4-5,7H2,(H,13,14). The maximum Gasteiger partial charge on any atom is 0.251 e. The van der Waals surface area contributed by atoms with E-state index >= 15 is 0 Å². The summed E-state index contributed by atoms with van der Waals surface area (Å²) in [4.78, 5) is 11.3. The van der Waals surface area contributed by atoms with Crippen molar-refractivity contribution in [2.45, 2.75) is 13.0 Å². The fraction of sp³-hybridized carbons (Fsp3) is 0.364. The van der Waals surface area contributed by atoms with Crippen molar-refractivity contribution in [3.8, 4) is 5.75 Å². The van der Waals surface area contributed by atoms with Gasteiger partial charge in [0.1, 0.15) is 5.75 Å². The molecule has 0 atom stereocenters. The molecule has 0 aromatic heterocycles. The summed E-state index contributed by atoms with van der Waals surface area (Å²) in [7, 11) is 0. The number of carbonyl (C=O) groups is 1. The third-order valence-corrected chi connectivity index (χ3v) is 2.57. The first-order valence-electron chi connectivity index (χ1n) is 4.91. The summed E-state index contributed by atoms with van der Waals surface area (Å²) >= 11 is 5.55. The zero-order valence-corrected chi connectivity index (χ0v) is 9.01. The maximum absolute atomic E-state index is 11.3. The van der Waals surface area contributed by atoms with Gasteiger partial charge in [-0.3, -0.25) is 4.79 Å². The van der Waals surface area contributed by atoms with Crippen molar-refractivity contribution in [1.29, 1.82) is 0 Å². The highest BCUT2D eigenvalue weighted by molar-refractivity contribution is 6.17. The highest BCUT2D eigenvalue weighted by Crippen LogP contribution is 2.21. The van der Waals surface area contributed by atoms with Gasteiger partial charge in [0, 0.05) is 18.0 Å². The molecule has 0 saturated heterocycles. The van der Waals surface area contributed by atoms with Crippen molar-refractivity contribution >= 4 is 17.5 Å². The second-order valence-electron chi connectivity index (χ2n) is 3.39. The monoisotopic (exact) mass is 225 g/mol. The molecule has 1 aromatic carbocycles. The Bertz CT molecular complexity index is 379. The van der Waals surface area contributed by atoms with Gasteiger partial charge in [-0.1, -0.05) is 0 Å². The van der Waals surface area contributed by atoms with Crippen LogP contribution in [-0.4, -0.2) is 18.4 Å². The number of nitrogens with one attached hydrogen (secondary N) is 1. The summed E-state index contributed by atoms with van der Waals surface area (Å²) in [5, 5.41) is 2.76. The smallest absolute Gasteiger partial charge is 0.251 e. The number of ether oxygens (including phenoxy) is 1. The zero-order chi connectivity index (χ0) is 10.7. The molecular formula is C11H12ClNO2. The van der Waals surface area contributed by atoms with E-state index in [1.807, 2.05) is 12.1 Å². The number of fused-ring (bicyclic) bond motifs is 1. The Balaban J connectivity index is 2.06. The molecular weight excluding hydrogens is 214 g/mol. The normalized spacial score (nSPS) is 13.5. The molecule has 1 aliphatic rings. The van der Waals surface area contributed by atoms with E-state index in [1.54, 1.807) is 6.07 Å². The lowest BCUT2D eigenvalue weighted by Gasteiger charge is -2.05. The summed E-state index contributed by atoms with van der Waals surface area (Å²) in [6.45, 7) is 1.21. The van der Waals surface area contributed by atoms with E-state index in [9.17, 15) is 4.79 Å². The van der Waals surface area contributed by atoms with Crippen molar-refractivity contribution in [1.82, 2.24) is 5.32 Å². The van der Waals surface area contributed by atoms with Gasteiger partial charge >= 0.3 is 0 Å². The minimum Gasteiger partial charge on any atom is -0.494 e. The minimum absolute atomic E-state index is 0.00249. The predicted molar refractivity (Wildman–Crippen MR) is 58.4 cm³/mol. The first-order valence-corrected chi connectivity index (χ1v) is 5.44. The van der Waals surface area contributed by atoms with Gasteiger partial charge in [0.15, 0.2) is 0 Å². The Morgan fingerprint density at radius 2 is 2.33 bits per heavy atom. The van der Waals surface area contributed by atoms with Crippen molar-refractivity contribution in [3.05, 3.63) is 29.3 Å². The number of amides is 1. The third kappa shape index (κ3) is 2.23. The number of hydrogen-bond donors (Lipinski definition) is 1. The minimum atomic E-state index is -0.00249. The molecule has 0 radical (unpaired) electrons.